The Morgan fingerprint density at radius 2 is 1.24 bits per heavy atom. The van der Waals surface area contributed by atoms with Crippen LogP contribution >= 0.6 is 23.5 Å². The zero-order valence-electron chi connectivity index (χ0n) is 16.6. The standard InChI is InChI=1S/C25H26O2S2/c1-2-27-25(26)23(20-12-6-3-7-13-20)18-19-24(28-21-14-8-4-9-15-21)29-22-16-10-5-11-17-22/h3-17,23-24H,2,18-19H2,1H3. The van der Waals surface area contributed by atoms with Gasteiger partial charge < -0.3 is 4.74 Å². The molecule has 0 bridgehead atoms. The number of thioether (sulfide) groups is 2. The quantitative estimate of drug-likeness (QED) is 0.199. The molecule has 1 atom stereocenters. The predicted molar refractivity (Wildman–Crippen MR) is 123 cm³/mol. The highest BCUT2D eigenvalue weighted by Gasteiger charge is 2.24. The van der Waals surface area contributed by atoms with Crippen LogP contribution < -0.4 is 0 Å². The van der Waals surface area contributed by atoms with Crippen molar-refractivity contribution in [1.82, 2.24) is 0 Å². The number of ether oxygens (including phenoxy) is 1. The Morgan fingerprint density at radius 3 is 1.72 bits per heavy atom. The zero-order valence-corrected chi connectivity index (χ0v) is 18.2. The average molecular weight is 423 g/mol. The van der Waals surface area contributed by atoms with Crippen LogP contribution in [0.5, 0.6) is 0 Å². The molecular weight excluding hydrogens is 396 g/mol. The molecule has 3 aromatic carbocycles. The lowest BCUT2D eigenvalue weighted by molar-refractivity contribution is -0.145. The fourth-order valence-electron chi connectivity index (χ4n) is 3.10. The second-order valence-corrected chi connectivity index (χ2v) is 9.43. The molecule has 150 valence electrons. The van der Waals surface area contributed by atoms with E-state index in [4.69, 9.17) is 4.74 Å². The summed E-state index contributed by atoms with van der Waals surface area (Å²) in [6.45, 7) is 2.27. The number of benzene rings is 3. The third kappa shape index (κ3) is 6.98. The van der Waals surface area contributed by atoms with Gasteiger partial charge in [0.25, 0.3) is 0 Å². The molecule has 0 aliphatic carbocycles. The van der Waals surface area contributed by atoms with Gasteiger partial charge in [-0.25, -0.2) is 0 Å². The van der Waals surface area contributed by atoms with Gasteiger partial charge in [-0.3, -0.25) is 4.79 Å². The first-order valence-corrected chi connectivity index (χ1v) is 11.7. The summed E-state index contributed by atoms with van der Waals surface area (Å²) in [6, 6.07) is 30.9. The van der Waals surface area contributed by atoms with Crippen LogP contribution in [-0.4, -0.2) is 17.2 Å². The van der Waals surface area contributed by atoms with Crippen molar-refractivity contribution in [3.63, 3.8) is 0 Å². The number of hydrogen-bond acceptors (Lipinski definition) is 4. The van der Waals surface area contributed by atoms with E-state index in [1.54, 1.807) is 0 Å². The smallest absolute Gasteiger partial charge is 0.313 e. The van der Waals surface area contributed by atoms with E-state index in [0.29, 0.717) is 11.2 Å². The number of carbonyl (C=O) groups excluding carboxylic acids is 1. The van der Waals surface area contributed by atoms with Crippen molar-refractivity contribution in [3.8, 4) is 0 Å². The molecule has 1 unspecified atom stereocenters. The first kappa shape index (κ1) is 21.5. The van der Waals surface area contributed by atoms with Crippen molar-refractivity contribution in [1.29, 1.82) is 0 Å². The molecule has 0 spiro atoms. The van der Waals surface area contributed by atoms with Crippen LogP contribution in [0.25, 0.3) is 0 Å². The van der Waals surface area contributed by atoms with Gasteiger partial charge in [-0.1, -0.05) is 66.7 Å². The minimum absolute atomic E-state index is 0.133. The molecule has 0 radical (unpaired) electrons. The highest BCUT2D eigenvalue weighted by molar-refractivity contribution is 8.17. The molecule has 29 heavy (non-hydrogen) atoms. The zero-order chi connectivity index (χ0) is 20.3. The normalized spacial score (nSPS) is 11.9. The van der Waals surface area contributed by atoms with Crippen LogP contribution in [0.4, 0.5) is 0 Å². The third-order valence-corrected chi connectivity index (χ3v) is 7.15. The second-order valence-electron chi connectivity index (χ2n) is 6.58. The maximum absolute atomic E-state index is 12.6. The van der Waals surface area contributed by atoms with E-state index in [0.717, 1.165) is 18.4 Å². The van der Waals surface area contributed by atoms with Crippen LogP contribution in [0, 0.1) is 0 Å². The van der Waals surface area contributed by atoms with E-state index in [1.165, 1.54) is 9.79 Å². The molecule has 0 N–H and O–H groups in total. The van der Waals surface area contributed by atoms with Gasteiger partial charge in [-0.2, -0.15) is 0 Å². The Hall–Kier alpha value is -2.17. The number of hydrogen-bond donors (Lipinski definition) is 0. The summed E-state index contributed by atoms with van der Waals surface area (Å²) in [5, 5.41) is 0. The van der Waals surface area contributed by atoms with Gasteiger partial charge in [0.15, 0.2) is 0 Å². The van der Waals surface area contributed by atoms with Gasteiger partial charge >= 0.3 is 5.97 Å². The summed E-state index contributed by atoms with van der Waals surface area (Å²) >= 11 is 3.71. The average Bonchev–Trinajstić information content (AvgIpc) is 2.76. The lowest BCUT2D eigenvalue weighted by atomic mass is 9.94. The Morgan fingerprint density at radius 1 is 0.759 bits per heavy atom. The second kappa shape index (κ2) is 11.7. The summed E-state index contributed by atoms with van der Waals surface area (Å²) in [5.74, 6) is -0.363. The van der Waals surface area contributed by atoms with Crippen LogP contribution in [-0.2, 0) is 9.53 Å². The van der Waals surface area contributed by atoms with E-state index in [1.807, 2.05) is 72.9 Å². The van der Waals surface area contributed by atoms with Gasteiger partial charge in [0.05, 0.1) is 17.1 Å². The Balaban J connectivity index is 1.74. The summed E-state index contributed by atoms with van der Waals surface area (Å²) < 4.78 is 5.68. The molecule has 2 nitrogen and oxygen atoms in total. The molecule has 0 saturated heterocycles. The van der Waals surface area contributed by atoms with Crippen molar-refractivity contribution in [3.05, 3.63) is 96.6 Å². The molecule has 0 saturated carbocycles. The highest BCUT2D eigenvalue weighted by atomic mass is 32.2. The summed E-state index contributed by atoms with van der Waals surface area (Å²) in [4.78, 5) is 15.1. The first-order valence-electron chi connectivity index (χ1n) is 9.91. The maximum Gasteiger partial charge on any atom is 0.313 e. The first-order chi connectivity index (χ1) is 14.3. The Kier molecular flexibility index (Phi) is 8.72. The lowest BCUT2D eigenvalue weighted by Gasteiger charge is -2.20. The van der Waals surface area contributed by atoms with E-state index in [2.05, 4.69) is 48.5 Å². The van der Waals surface area contributed by atoms with Crippen molar-refractivity contribution in [2.45, 2.75) is 40.1 Å². The van der Waals surface area contributed by atoms with Gasteiger partial charge in [-0.05, 0) is 49.6 Å². The summed E-state index contributed by atoms with van der Waals surface area (Å²) in [5.41, 5.74) is 1.03. The van der Waals surface area contributed by atoms with E-state index >= 15 is 0 Å². The highest BCUT2D eigenvalue weighted by Crippen LogP contribution is 2.39. The van der Waals surface area contributed by atoms with Crippen LogP contribution in [0.2, 0.25) is 0 Å². The summed E-state index contributed by atoms with van der Waals surface area (Å²) in [6.07, 6.45) is 1.66. The maximum atomic E-state index is 12.6. The monoisotopic (exact) mass is 422 g/mol. The largest absolute Gasteiger partial charge is 0.466 e. The van der Waals surface area contributed by atoms with Crippen molar-refractivity contribution in [2.75, 3.05) is 6.61 Å². The van der Waals surface area contributed by atoms with Gasteiger partial charge in [-0.15, -0.1) is 23.5 Å². The van der Waals surface area contributed by atoms with Crippen LogP contribution in [0.3, 0.4) is 0 Å². The summed E-state index contributed by atoms with van der Waals surface area (Å²) in [7, 11) is 0. The minimum Gasteiger partial charge on any atom is -0.466 e. The van der Waals surface area contributed by atoms with Crippen molar-refractivity contribution >= 4 is 29.5 Å². The van der Waals surface area contributed by atoms with E-state index < -0.39 is 0 Å². The molecule has 3 aromatic rings. The number of carbonyl (C=O) groups is 1. The van der Waals surface area contributed by atoms with Crippen LogP contribution in [0.1, 0.15) is 31.2 Å². The molecule has 0 amide bonds. The number of esters is 1. The molecular formula is C25H26O2S2. The minimum atomic E-state index is -0.230. The van der Waals surface area contributed by atoms with Crippen molar-refractivity contribution < 1.29 is 9.53 Å². The van der Waals surface area contributed by atoms with E-state index in [9.17, 15) is 4.79 Å². The Bertz CT molecular complexity index is 812. The van der Waals surface area contributed by atoms with Gasteiger partial charge in [0, 0.05) is 9.79 Å². The van der Waals surface area contributed by atoms with E-state index in [-0.39, 0.29) is 11.9 Å². The molecule has 0 aliphatic rings. The molecule has 0 heterocycles. The topological polar surface area (TPSA) is 26.3 Å². The van der Waals surface area contributed by atoms with Crippen LogP contribution in [0.15, 0.2) is 101 Å². The van der Waals surface area contributed by atoms with Crippen molar-refractivity contribution in [2.24, 2.45) is 0 Å². The Labute approximate surface area is 182 Å². The lowest BCUT2D eigenvalue weighted by Crippen LogP contribution is -2.17. The molecule has 0 fully saturated rings. The molecule has 0 aliphatic heterocycles. The predicted octanol–water partition coefficient (Wildman–Crippen LogP) is 7.02. The number of rotatable bonds is 10. The SMILES string of the molecule is CCOC(=O)C(CCC(Sc1ccccc1)Sc1ccccc1)c1ccccc1. The fraction of sp³-hybridized carbons (Fsp3) is 0.240. The molecule has 3 rings (SSSR count). The molecule has 0 aromatic heterocycles. The molecule has 4 heteroatoms. The fourth-order valence-corrected chi connectivity index (χ4v) is 5.70. The van der Waals surface area contributed by atoms with Gasteiger partial charge in [0.2, 0.25) is 0 Å². The van der Waals surface area contributed by atoms with Gasteiger partial charge in [0.1, 0.15) is 0 Å². The third-order valence-electron chi connectivity index (χ3n) is 4.49.